The molecule has 27 heavy (non-hydrogen) atoms. The number of halogens is 6. The zero-order valence-electron chi connectivity index (χ0n) is 13.5. The second-order valence-corrected chi connectivity index (χ2v) is 7.21. The van der Waals surface area contributed by atoms with Gasteiger partial charge in [0.15, 0.2) is 0 Å². The summed E-state index contributed by atoms with van der Waals surface area (Å²) in [5.41, 5.74) is -0.818. The van der Waals surface area contributed by atoms with E-state index in [0.29, 0.717) is 0 Å². The smallest absolute Gasteiger partial charge is 0.382 e. The minimum atomic E-state index is -4.56. The molecule has 11 heteroatoms. The summed E-state index contributed by atoms with van der Waals surface area (Å²) in [7, 11) is -4.30. The first-order chi connectivity index (χ1) is 12.4. The average Bonchev–Trinajstić information content (AvgIpc) is 2.52. The van der Waals surface area contributed by atoms with Crippen LogP contribution >= 0.6 is 0 Å². The maximum Gasteiger partial charge on any atom is 0.416 e. The third-order valence-corrected chi connectivity index (χ3v) is 4.53. The number of hydrogen-bond acceptors (Lipinski definition) is 4. The van der Waals surface area contributed by atoms with E-state index in [1.165, 1.54) is 12.1 Å². The van der Waals surface area contributed by atoms with Crippen molar-refractivity contribution >= 4 is 10.1 Å². The highest BCUT2D eigenvalue weighted by molar-refractivity contribution is 7.87. The van der Waals surface area contributed by atoms with Gasteiger partial charge < -0.3 is 4.18 Å². The lowest BCUT2D eigenvalue weighted by molar-refractivity contribution is -0.137. The second kappa shape index (κ2) is 7.75. The van der Waals surface area contributed by atoms with Crippen LogP contribution in [0.3, 0.4) is 0 Å². The quantitative estimate of drug-likeness (QED) is 0.503. The third kappa shape index (κ3) is 6.74. The largest absolute Gasteiger partial charge is 0.416 e. The second-order valence-electron chi connectivity index (χ2n) is 5.52. The Morgan fingerprint density at radius 1 is 1.00 bits per heavy atom. The van der Waals surface area contributed by atoms with Crippen LogP contribution in [-0.4, -0.2) is 25.3 Å². The number of alkyl halides is 6. The Labute approximate surface area is 150 Å². The number of aromatic nitrogens is 1. The van der Waals surface area contributed by atoms with Crippen molar-refractivity contribution in [1.29, 1.82) is 0 Å². The van der Waals surface area contributed by atoms with Crippen LogP contribution in [0, 0.1) is 0 Å². The van der Waals surface area contributed by atoms with E-state index in [2.05, 4.69) is 4.98 Å². The molecule has 2 aromatic rings. The number of hydrogen-bond donors (Lipinski definition) is 0. The zero-order chi connectivity index (χ0) is 20.3. The summed E-state index contributed by atoms with van der Waals surface area (Å²) in [5.74, 6) is -1.11. The fraction of sp³-hybridized carbons (Fsp3) is 0.312. The van der Waals surface area contributed by atoms with Crippen LogP contribution < -0.4 is 4.18 Å². The zero-order valence-corrected chi connectivity index (χ0v) is 14.3. The minimum Gasteiger partial charge on any atom is -0.382 e. The lowest BCUT2D eigenvalue weighted by Gasteiger charge is -2.10. The molecule has 0 atom stereocenters. The van der Waals surface area contributed by atoms with Crippen LogP contribution in [0.25, 0.3) is 11.3 Å². The van der Waals surface area contributed by atoms with Crippen molar-refractivity contribution in [1.82, 2.24) is 4.98 Å². The third-order valence-electron chi connectivity index (χ3n) is 3.29. The molecule has 0 aliphatic carbocycles. The first-order valence-corrected chi connectivity index (χ1v) is 9.06. The van der Waals surface area contributed by atoms with Crippen molar-refractivity contribution in [2.75, 3.05) is 5.75 Å². The molecule has 0 N–H and O–H groups in total. The van der Waals surface area contributed by atoms with Crippen molar-refractivity contribution < 1.29 is 38.9 Å². The maximum atomic E-state index is 12.8. The van der Waals surface area contributed by atoms with E-state index in [4.69, 9.17) is 4.18 Å². The van der Waals surface area contributed by atoms with Crippen LogP contribution in [0.2, 0.25) is 0 Å². The van der Waals surface area contributed by atoms with Gasteiger partial charge in [-0.3, -0.25) is 4.98 Å². The number of benzene rings is 1. The molecule has 0 saturated carbocycles. The Hall–Kier alpha value is -2.30. The van der Waals surface area contributed by atoms with E-state index in [1.807, 2.05) is 0 Å². The summed E-state index contributed by atoms with van der Waals surface area (Å²) in [6.45, 7) is 0. The predicted octanol–water partition coefficient (Wildman–Crippen LogP) is 4.82. The molecular formula is C16H13F6NO3S. The topological polar surface area (TPSA) is 56.3 Å². The predicted molar refractivity (Wildman–Crippen MR) is 84.4 cm³/mol. The number of nitrogens with zero attached hydrogens (tertiary/aromatic N) is 1. The molecule has 0 spiro atoms. The Morgan fingerprint density at radius 2 is 1.70 bits per heavy atom. The van der Waals surface area contributed by atoms with Gasteiger partial charge in [-0.2, -0.15) is 34.8 Å². The van der Waals surface area contributed by atoms with Crippen molar-refractivity contribution in [3.05, 3.63) is 48.2 Å². The monoisotopic (exact) mass is 413 g/mol. The summed E-state index contributed by atoms with van der Waals surface area (Å²) in [6, 6.07) is 6.45. The summed E-state index contributed by atoms with van der Waals surface area (Å²) in [4.78, 5) is 3.87. The Kier molecular flexibility index (Phi) is 6.03. The van der Waals surface area contributed by atoms with Gasteiger partial charge in [-0.25, -0.2) is 0 Å². The molecule has 0 amide bonds. The molecular weight excluding hydrogens is 400 g/mol. The maximum absolute atomic E-state index is 12.8. The molecule has 0 aliphatic heterocycles. The van der Waals surface area contributed by atoms with Gasteiger partial charge in [-0.05, 0) is 18.6 Å². The van der Waals surface area contributed by atoms with E-state index in [1.54, 1.807) is 0 Å². The summed E-state index contributed by atoms with van der Waals surface area (Å²) in [5, 5.41) is 0. The standard InChI is InChI=1S/C16H13F6NO3S/c17-15(18,19)6-2-8-27(24,25)26-13-5-7-23-14(10-13)11-3-1-4-12(9-11)16(20,21)22/h1,3-5,7,9-10H,2,6,8H2. The van der Waals surface area contributed by atoms with Crippen LogP contribution in [0.15, 0.2) is 42.6 Å². The highest BCUT2D eigenvalue weighted by Crippen LogP contribution is 2.32. The molecule has 0 saturated heterocycles. The molecule has 0 radical (unpaired) electrons. The van der Waals surface area contributed by atoms with E-state index >= 15 is 0 Å². The highest BCUT2D eigenvalue weighted by Gasteiger charge is 2.30. The van der Waals surface area contributed by atoms with Crippen molar-refractivity contribution in [2.45, 2.75) is 25.2 Å². The number of pyridine rings is 1. The first kappa shape index (κ1) is 21.0. The van der Waals surface area contributed by atoms with Gasteiger partial charge in [0, 0.05) is 30.3 Å². The van der Waals surface area contributed by atoms with E-state index in [9.17, 15) is 34.8 Å². The van der Waals surface area contributed by atoms with Crippen LogP contribution in [0.5, 0.6) is 5.75 Å². The van der Waals surface area contributed by atoms with Crippen LogP contribution in [0.4, 0.5) is 26.3 Å². The summed E-state index contributed by atoms with van der Waals surface area (Å²) >= 11 is 0. The SMILES string of the molecule is O=S(=O)(CCCC(F)(F)F)Oc1ccnc(-c2cccc(C(F)(F)F)c2)c1. The molecule has 0 aliphatic rings. The molecule has 0 fully saturated rings. The molecule has 148 valence electrons. The Balaban J connectivity index is 2.16. The Morgan fingerprint density at radius 3 is 2.33 bits per heavy atom. The van der Waals surface area contributed by atoms with Crippen LogP contribution in [-0.2, 0) is 16.3 Å². The minimum absolute atomic E-state index is 0.0177. The van der Waals surface area contributed by atoms with Gasteiger partial charge in [0.25, 0.3) is 0 Å². The van der Waals surface area contributed by atoms with E-state index in [-0.39, 0.29) is 17.0 Å². The van der Waals surface area contributed by atoms with Gasteiger partial charge in [-0.1, -0.05) is 12.1 Å². The highest BCUT2D eigenvalue weighted by atomic mass is 32.2. The molecule has 1 heterocycles. The first-order valence-electron chi connectivity index (χ1n) is 7.48. The van der Waals surface area contributed by atoms with Crippen LogP contribution in [0.1, 0.15) is 18.4 Å². The van der Waals surface area contributed by atoms with Gasteiger partial charge in [0.2, 0.25) is 0 Å². The van der Waals surface area contributed by atoms with Crippen molar-refractivity contribution in [3.8, 4) is 17.0 Å². The lowest BCUT2D eigenvalue weighted by Crippen LogP contribution is -2.16. The average molecular weight is 413 g/mol. The lowest BCUT2D eigenvalue weighted by atomic mass is 10.1. The van der Waals surface area contributed by atoms with E-state index in [0.717, 1.165) is 30.5 Å². The molecule has 1 aromatic carbocycles. The summed E-state index contributed by atoms with van der Waals surface area (Å²) in [6.07, 6.45) is -9.87. The fourth-order valence-electron chi connectivity index (χ4n) is 2.11. The van der Waals surface area contributed by atoms with Gasteiger partial charge >= 0.3 is 22.5 Å². The van der Waals surface area contributed by atoms with Crippen molar-refractivity contribution in [2.24, 2.45) is 0 Å². The Bertz CT molecular complexity index is 894. The molecule has 0 bridgehead atoms. The molecule has 1 aromatic heterocycles. The molecule has 4 nitrogen and oxygen atoms in total. The number of rotatable bonds is 6. The van der Waals surface area contributed by atoms with Gasteiger partial charge in [0.05, 0.1) is 17.0 Å². The van der Waals surface area contributed by atoms with Crippen molar-refractivity contribution in [3.63, 3.8) is 0 Å². The molecule has 0 unspecified atom stereocenters. The van der Waals surface area contributed by atoms with Gasteiger partial charge in [-0.15, -0.1) is 0 Å². The van der Waals surface area contributed by atoms with E-state index < -0.39 is 46.6 Å². The normalized spacial score (nSPS) is 12.8. The molecule has 2 rings (SSSR count). The van der Waals surface area contributed by atoms with Gasteiger partial charge in [0.1, 0.15) is 5.75 Å². The fourth-order valence-corrected chi connectivity index (χ4v) is 3.09. The summed E-state index contributed by atoms with van der Waals surface area (Å²) < 4.78 is 103.